The molecule has 2 N–H and O–H groups in total. The van der Waals surface area contributed by atoms with Crippen LogP contribution in [0.2, 0.25) is 0 Å². The van der Waals surface area contributed by atoms with Crippen LogP contribution in [0.25, 0.3) is 0 Å². The zero-order valence-corrected chi connectivity index (χ0v) is 17.1. The van der Waals surface area contributed by atoms with Gasteiger partial charge in [-0.15, -0.1) is 18.3 Å². The second-order valence-corrected chi connectivity index (χ2v) is 8.12. The zero-order valence-electron chi connectivity index (χ0n) is 17.1. The number of anilines is 1. The molecule has 1 saturated heterocycles. The fourth-order valence-electron chi connectivity index (χ4n) is 4.24. The smallest absolute Gasteiger partial charge is 0.496 e. The number of nitrogens with zero attached hydrogens (tertiary/aromatic N) is 4. The number of hydrogen-bond acceptors (Lipinski definition) is 7. The van der Waals surface area contributed by atoms with Crippen molar-refractivity contribution >= 4 is 11.9 Å². The van der Waals surface area contributed by atoms with Gasteiger partial charge in [-0.25, -0.2) is 0 Å². The van der Waals surface area contributed by atoms with Crippen molar-refractivity contribution in [2.45, 2.75) is 44.0 Å². The molecule has 2 atom stereocenters. The Morgan fingerprint density at radius 2 is 2.10 bits per heavy atom. The number of aromatic amines is 1. The maximum absolute atomic E-state index is 13.2. The summed E-state index contributed by atoms with van der Waals surface area (Å²) in [7, 11) is 1.36. The van der Waals surface area contributed by atoms with Crippen molar-refractivity contribution in [3.63, 3.8) is 0 Å². The molecule has 12 heteroatoms. The molecule has 0 spiro atoms. The molecular formula is C19H23F3N6O3. The van der Waals surface area contributed by atoms with Crippen LogP contribution in [0.5, 0.6) is 11.5 Å². The molecule has 2 fully saturated rings. The van der Waals surface area contributed by atoms with E-state index in [2.05, 4.69) is 37.6 Å². The fourth-order valence-corrected chi connectivity index (χ4v) is 4.24. The minimum Gasteiger partial charge on any atom is -0.496 e. The van der Waals surface area contributed by atoms with E-state index in [-0.39, 0.29) is 23.4 Å². The summed E-state index contributed by atoms with van der Waals surface area (Å²) in [5.74, 6) is 0.429. The summed E-state index contributed by atoms with van der Waals surface area (Å²) in [6.07, 6.45) is -2.83. The number of halogens is 3. The van der Waals surface area contributed by atoms with Gasteiger partial charge in [-0.3, -0.25) is 4.79 Å². The predicted molar refractivity (Wildman–Crippen MR) is 103 cm³/mol. The van der Waals surface area contributed by atoms with Crippen molar-refractivity contribution in [2.24, 2.45) is 5.92 Å². The average Bonchev–Trinajstić information content (AvgIpc) is 3.31. The van der Waals surface area contributed by atoms with Crippen LogP contribution in [0.1, 0.15) is 31.7 Å². The van der Waals surface area contributed by atoms with E-state index >= 15 is 0 Å². The van der Waals surface area contributed by atoms with Gasteiger partial charge in [-0.1, -0.05) is 18.1 Å². The molecule has 168 valence electrons. The highest BCUT2D eigenvalue weighted by Crippen LogP contribution is 2.52. The van der Waals surface area contributed by atoms with Gasteiger partial charge in [0.1, 0.15) is 11.5 Å². The van der Waals surface area contributed by atoms with Crippen molar-refractivity contribution in [1.82, 2.24) is 25.9 Å². The van der Waals surface area contributed by atoms with E-state index in [1.165, 1.54) is 19.2 Å². The van der Waals surface area contributed by atoms with Crippen molar-refractivity contribution in [3.05, 3.63) is 23.8 Å². The minimum atomic E-state index is -4.80. The van der Waals surface area contributed by atoms with Crippen molar-refractivity contribution < 1.29 is 27.4 Å². The molecule has 1 aromatic heterocycles. The number of rotatable bonds is 6. The number of benzene rings is 1. The lowest BCUT2D eigenvalue weighted by molar-refractivity contribution is -0.274. The number of amides is 1. The van der Waals surface area contributed by atoms with Gasteiger partial charge >= 0.3 is 6.36 Å². The molecule has 1 aliphatic carbocycles. The first-order valence-corrected chi connectivity index (χ1v) is 9.94. The topological polar surface area (TPSA) is 105 Å². The number of carbonyl (C=O) groups excluding carboxylic acids is 1. The predicted octanol–water partition coefficient (Wildman–Crippen LogP) is 2.17. The third-order valence-corrected chi connectivity index (χ3v) is 5.72. The third-order valence-electron chi connectivity index (χ3n) is 5.72. The van der Waals surface area contributed by atoms with Crippen LogP contribution in [-0.4, -0.2) is 59.1 Å². The van der Waals surface area contributed by atoms with Crippen molar-refractivity contribution in [3.8, 4) is 11.5 Å². The number of carbonyl (C=O) groups is 1. The number of tetrazole rings is 1. The van der Waals surface area contributed by atoms with Gasteiger partial charge in [0.05, 0.1) is 12.5 Å². The molecule has 2 aliphatic rings. The van der Waals surface area contributed by atoms with Gasteiger partial charge in [-0.05, 0) is 36.5 Å². The first-order chi connectivity index (χ1) is 14.7. The summed E-state index contributed by atoms with van der Waals surface area (Å²) in [4.78, 5) is 15.2. The van der Waals surface area contributed by atoms with Gasteiger partial charge < -0.3 is 19.7 Å². The maximum Gasteiger partial charge on any atom is 0.573 e. The second-order valence-electron chi connectivity index (χ2n) is 8.12. The highest BCUT2D eigenvalue weighted by Gasteiger charge is 2.53. The van der Waals surface area contributed by atoms with Crippen molar-refractivity contribution in [2.75, 3.05) is 25.1 Å². The largest absolute Gasteiger partial charge is 0.573 e. The number of nitrogens with one attached hydrogen (secondary N) is 2. The number of methoxy groups -OCH3 is 1. The van der Waals surface area contributed by atoms with Gasteiger partial charge in [0.2, 0.25) is 5.91 Å². The number of piperidine rings is 1. The Hall–Kier alpha value is -3.05. The Balaban J connectivity index is 1.49. The number of H-pyrrole nitrogens is 1. The Labute approximate surface area is 176 Å². The number of aromatic nitrogens is 4. The third kappa shape index (κ3) is 4.52. The minimum absolute atomic E-state index is 0.119. The lowest BCUT2D eigenvalue weighted by Crippen LogP contribution is -2.52. The summed E-state index contributed by atoms with van der Waals surface area (Å²) in [5.41, 5.74) is -0.263. The summed E-state index contributed by atoms with van der Waals surface area (Å²) >= 11 is 0. The lowest BCUT2D eigenvalue weighted by Gasteiger charge is -2.36. The van der Waals surface area contributed by atoms with E-state index in [0.29, 0.717) is 36.8 Å². The molecule has 9 nitrogen and oxygen atoms in total. The van der Waals surface area contributed by atoms with Gasteiger partial charge in [0.25, 0.3) is 5.95 Å². The van der Waals surface area contributed by atoms with Gasteiger partial charge in [0.15, 0.2) is 0 Å². The molecule has 0 unspecified atom stereocenters. The van der Waals surface area contributed by atoms with Crippen LogP contribution < -0.4 is 19.7 Å². The Morgan fingerprint density at radius 3 is 2.71 bits per heavy atom. The SMILES string of the molecule is COc1cc(OC(F)(F)F)ccc1C1(C(=O)N[C@@H]2C[C@H](C)CN(c3nn[nH]n3)C2)CC1. The van der Waals surface area contributed by atoms with E-state index in [0.717, 1.165) is 19.0 Å². The zero-order chi connectivity index (χ0) is 22.2. The normalized spacial score (nSPS) is 22.7. The van der Waals surface area contributed by atoms with E-state index in [1.54, 1.807) is 0 Å². The quantitative estimate of drug-likeness (QED) is 0.709. The fraction of sp³-hybridized carbons (Fsp3) is 0.579. The van der Waals surface area contributed by atoms with Gasteiger partial charge in [-0.2, -0.15) is 5.21 Å². The molecule has 1 saturated carbocycles. The van der Waals surface area contributed by atoms with E-state index < -0.39 is 11.8 Å². The molecule has 0 radical (unpaired) electrons. The molecular weight excluding hydrogens is 417 g/mol. The van der Waals surface area contributed by atoms with Gasteiger partial charge in [0, 0.05) is 30.8 Å². The van der Waals surface area contributed by atoms with Crippen LogP contribution in [0.4, 0.5) is 19.1 Å². The second kappa shape index (κ2) is 7.89. The molecule has 31 heavy (non-hydrogen) atoms. The summed E-state index contributed by atoms with van der Waals surface area (Å²) in [6.45, 7) is 3.38. The number of alkyl halides is 3. The van der Waals surface area contributed by atoms with Crippen molar-refractivity contribution in [1.29, 1.82) is 0 Å². The van der Waals surface area contributed by atoms with E-state index in [9.17, 15) is 18.0 Å². The summed E-state index contributed by atoms with van der Waals surface area (Å²) in [5, 5.41) is 17.2. The highest BCUT2D eigenvalue weighted by atomic mass is 19.4. The standard InChI is InChI=1S/C19H23F3N6O3/c1-11-7-12(10-28(9-11)17-24-26-27-25-17)23-16(29)18(5-6-18)14-4-3-13(8-15(14)30-2)31-19(20,21)22/h3-4,8,11-12H,5-7,9-10H2,1-2H3,(H,23,29)(H,24,25,26,27)/t11-,12+/m0/s1. The molecule has 2 heterocycles. The van der Waals surface area contributed by atoms with Crippen LogP contribution in [0.15, 0.2) is 18.2 Å². The molecule has 1 aliphatic heterocycles. The highest BCUT2D eigenvalue weighted by molar-refractivity contribution is 5.92. The Morgan fingerprint density at radius 1 is 1.32 bits per heavy atom. The molecule has 1 amide bonds. The lowest BCUT2D eigenvalue weighted by atomic mass is 9.91. The molecule has 4 rings (SSSR count). The number of ether oxygens (including phenoxy) is 2. The first-order valence-electron chi connectivity index (χ1n) is 9.94. The number of hydrogen-bond donors (Lipinski definition) is 2. The monoisotopic (exact) mass is 440 g/mol. The average molecular weight is 440 g/mol. The summed E-state index contributed by atoms with van der Waals surface area (Å²) in [6, 6.07) is 3.73. The first kappa shape index (κ1) is 21.2. The van der Waals surface area contributed by atoms with Crippen LogP contribution in [-0.2, 0) is 10.2 Å². The van der Waals surface area contributed by atoms with E-state index in [4.69, 9.17) is 4.74 Å². The summed E-state index contributed by atoms with van der Waals surface area (Å²) < 4.78 is 46.9. The Kier molecular flexibility index (Phi) is 5.40. The van der Waals surface area contributed by atoms with Crippen LogP contribution in [0, 0.1) is 5.92 Å². The maximum atomic E-state index is 13.2. The molecule has 0 bridgehead atoms. The van der Waals surface area contributed by atoms with Crippen LogP contribution >= 0.6 is 0 Å². The van der Waals surface area contributed by atoms with E-state index in [1.807, 2.05) is 4.90 Å². The molecule has 2 aromatic rings. The van der Waals surface area contributed by atoms with Crippen LogP contribution in [0.3, 0.4) is 0 Å². The molecule has 1 aromatic carbocycles. The Bertz CT molecular complexity index is 932.